The van der Waals surface area contributed by atoms with Gasteiger partial charge in [-0.3, -0.25) is 23.5 Å². The summed E-state index contributed by atoms with van der Waals surface area (Å²) in [7, 11) is 1.58. The first-order chi connectivity index (χ1) is 28.9. The number of benzene rings is 2. The molecule has 12 nitrogen and oxygen atoms in total. The maximum Gasteiger partial charge on any atom is 0.292 e. The third-order valence-corrected chi connectivity index (χ3v) is 11.5. The number of pyridine rings is 1. The number of fused-ring (bicyclic) bond motifs is 3. The van der Waals surface area contributed by atoms with Crippen molar-refractivity contribution in [3.05, 3.63) is 97.8 Å². The standard InChI is InChI=1S/C39H34ClF8N9O3S/c1-17-10-23-30(33(43)44)52-56(32(23)39(17,47)48)16-27(58)49-25(13-18-11-20(41)14-21(42)12-18)36-51-34-22(4-7-28(50-34)60-9-8-19-15-38(19,45)46)37(59)57(36)26-6-5-24(40)29-31(26)55(2)53-35(29)54-61-3/h4-7,11-12,14,17,19,25,33H,8-10,13,15-16H2,1-3H3,(H,49,58)(H,53,54). The van der Waals surface area contributed by atoms with E-state index in [-0.39, 0.29) is 64.0 Å². The van der Waals surface area contributed by atoms with E-state index in [9.17, 15) is 35.9 Å². The lowest BCUT2D eigenvalue weighted by Gasteiger charge is -2.24. The van der Waals surface area contributed by atoms with Crippen LogP contribution in [0.4, 0.5) is 40.9 Å². The van der Waals surface area contributed by atoms with Gasteiger partial charge in [0.05, 0.1) is 39.6 Å². The lowest BCUT2D eigenvalue weighted by atomic mass is 10.0. The SMILES string of the molecule is CSNc1nn(C)c2c(-n3c(C(Cc4cc(F)cc(F)c4)NC(=O)Cn4nc(C(F)F)c5c4C(F)(F)C(C)C5)nc4nc(OCCC5CC5(F)F)ccc4c3=O)ccc(Cl)c12. The number of aromatic nitrogens is 7. The summed E-state index contributed by atoms with van der Waals surface area (Å²) in [4.78, 5) is 38.0. The fourth-order valence-electron chi connectivity index (χ4n) is 7.81. The van der Waals surface area contributed by atoms with Crippen LogP contribution in [0, 0.1) is 23.5 Å². The summed E-state index contributed by atoms with van der Waals surface area (Å²) in [5.74, 6) is -11.7. The second-order valence-corrected chi connectivity index (χ2v) is 16.0. The Hall–Kier alpha value is -5.44. The van der Waals surface area contributed by atoms with Crippen LogP contribution >= 0.6 is 23.5 Å². The predicted molar refractivity (Wildman–Crippen MR) is 210 cm³/mol. The average molecular weight is 896 g/mol. The van der Waals surface area contributed by atoms with Crippen LogP contribution in [0.25, 0.3) is 27.6 Å². The fourth-order valence-corrected chi connectivity index (χ4v) is 8.38. The second kappa shape index (κ2) is 15.8. The number of halogens is 9. The quantitative estimate of drug-likeness (QED) is 0.0820. The molecule has 1 saturated carbocycles. The molecular weight excluding hydrogens is 862 g/mol. The van der Waals surface area contributed by atoms with Crippen LogP contribution in [0.5, 0.6) is 5.88 Å². The summed E-state index contributed by atoms with van der Waals surface area (Å²) in [6.45, 7) is 0.0467. The van der Waals surface area contributed by atoms with Crippen LogP contribution < -0.4 is 20.3 Å². The number of carbonyl (C=O) groups is 1. The summed E-state index contributed by atoms with van der Waals surface area (Å²) >= 11 is 7.88. The van der Waals surface area contributed by atoms with Gasteiger partial charge in [0.2, 0.25) is 11.8 Å². The molecule has 2 aliphatic rings. The van der Waals surface area contributed by atoms with E-state index in [0.29, 0.717) is 27.5 Å². The van der Waals surface area contributed by atoms with Crippen molar-refractivity contribution in [1.29, 1.82) is 0 Å². The minimum Gasteiger partial charge on any atom is -0.478 e. The number of nitrogens with zero attached hydrogens (tertiary/aromatic N) is 7. The van der Waals surface area contributed by atoms with E-state index in [1.54, 1.807) is 13.3 Å². The minimum atomic E-state index is -3.62. The van der Waals surface area contributed by atoms with Gasteiger partial charge in [0.25, 0.3) is 23.8 Å². The lowest BCUT2D eigenvalue weighted by molar-refractivity contribution is -0.123. The Labute approximate surface area is 349 Å². The van der Waals surface area contributed by atoms with Gasteiger partial charge in [0.15, 0.2) is 11.5 Å². The molecule has 22 heteroatoms. The van der Waals surface area contributed by atoms with Gasteiger partial charge in [-0.15, -0.1) is 0 Å². The second-order valence-electron chi connectivity index (χ2n) is 15.0. The zero-order valence-electron chi connectivity index (χ0n) is 32.3. The van der Waals surface area contributed by atoms with Crippen molar-refractivity contribution < 1.29 is 44.7 Å². The molecule has 61 heavy (non-hydrogen) atoms. The van der Waals surface area contributed by atoms with Crippen molar-refractivity contribution in [1.82, 2.24) is 39.4 Å². The molecule has 0 radical (unpaired) electrons. The Bertz CT molecular complexity index is 2760. The number of ether oxygens (including phenoxy) is 1. The van der Waals surface area contributed by atoms with Gasteiger partial charge < -0.3 is 14.8 Å². The number of carbonyl (C=O) groups excluding carboxylic acids is 1. The zero-order valence-corrected chi connectivity index (χ0v) is 33.8. The van der Waals surface area contributed by atoms with Crippen LogP contribution in [-0.2, 0) is 37.2 Å². The highest BCUT2D eigenvalue weighted by molar-refractivity contribution is 7.99. The molecule has 322 valence electrons. The van der Waals surface area contributed by atoms with E-state index in [1.807, 2.05) is 0 Å². The third kappa shape index (κ3) is 7.85. The van der Waals surface area contributed by atoms with Crippen LogP contribution in [-0.4, -0.2) is 58.8 Å². The minimum absolute atomic E-state index is 0.0268. The first kappa shape index (κ1) is 42.3. The van der Waals surface area contributed by atoms with E-state index in [4.69, 9.17) is 21.3 Å². The van der Waals surface area contributed by atoms with Crippen LogP contribution in [0.1, 0.15) is 60.6 Å². The number of aryl methyl sites for hydroxylation is 1. The molecule has 4 aromatic heterocycles. The smallest absolute Gasteiger partial charge is 0.292 e. The Morgan fingerprint density at radius 1 is 1.07 bits per heavy atom. The van der Waals surface area contributed by atoms with E-state index >= 15 is 8.78 Å². The molecule has 8 rings (SSSR count). The summed E-state index contributed by atoms with van der Waals surface area (Å²) in [6.07, 6.45) is -2.60. The number of nitrogens with one attached hydrogen (secondary N) is 2. The van der Waals surface area contributed by atoms with Crippen molar-refractivity contribution >= 4 is 57.2 Å². The van der Waals surface area contributed by atoms with Crippen molar-refractivity contribution in [2.24, 2.45) is 18.9 Å². The van der Waals surface area contributed by atoms with Gasteiger partial charge in [0, 0.05) is 55.7 Å². The molecule has 2 N–H and O–H groups in total. The molecule has 0 bridgehead atoms. The average Bonchev–Trinajstić information content (AvgIpc) is 3.38. The lowest BCUT2D eigenvalue weighted by Crippen LogP contribution is -2.38. The highest BCUT2D eigenvalue weighted by atomic mass is 35.5. The Kier molecular flexibility index (Phi) is 10.9. The van der Waals surface area contributed by atoms with Gasteiger partial charge in [-0.25, -0.2) is 31.3 Å². The number of rotatable bonds is 14. The van der Waals surface area contributed by atoms with E-state index in [1.165, 1.54) is 47.8 Å². The van der Waals surface area contributed by atoms with Gasteiger partial charge in [-0.1, -0.05) is 30.5 Å². The maximum absolute atomic E-state index is 15.4. The molecule has 2 aliphatic carbocycles. The number of amides is 1. The predicted octanol–water partition coefficient (Wildman–Crippen LogP) is 8.23. The Morgan fingerprint density at radius 2 is 1.79 bits per heavy atom. The Balaban J connectivity index is 1.29. The summed E-state index contributed by atoms with van der Waals surface area (Å²) in [6, 6.07) is 6.70. The fraction of sp³-hybridized carbons (Fsp3) is 0.385. The van der Waals surface area contributed by atoms with Gasteiger partial charge in [-0.05, 0) is 48.7 Å². The van der Waals surface area contributed by atoms with Crippen molar-refractivity contribution in [3.63, 3.8) is 0 Å². The third-order valence-electron chi connectivity index (χ3n) is 10.8. The van der Waals surface area contributed by atoms with E-state index in [0.717, 1.165) is 16.7 Å². The molecule has 4 heterocycles. The highest BCUT2D eigenvalue weighted by Gasteiger charge is 2.56. The number of alkyl halides is 6. The number of hydrogen-bond acceptors (Lipinski definition) is 9. The van der Waals surface area contributed by atoms with E-state index < -0.39 is 90.0 Å². The number of anilines is 1. The Morgan fingerprint density at radius 3 is 2.46 bits per heavy atom. The zero-order chi connectivity index (χ0) is 43.7. The molecule has 1 amide bonds. The highest BCUT2D eigenvalue weighted by Crippen LogP contribution is 2.51. The molecule has 3 atom stereocenters. The molecule has 2 aromatic carbocycles. The molecule has 1 fully saturated rings. The van der Waals surface area contributed by atoms with Gasteiger partial charge in [0.1, 0.15) is 35.4 Å². The topological polar surface area (TPSA) is 134 Å². The first-order valence-electron chi connectivity index (χ1n) is 18.8. The molecule has 3 unspecified atom stereocenters. The van der Waals surface area contributed by atoms with Crippen LogP contribution in [0.3, 0.4) is 0 Å². The molecule has 0 saturated heterocycles. The number of hydrogen-bond donors (Lipinski definition) is 2. The van der Waals surface area contributed by atoms with Crippen molar-refractivity contribution in [2.75, 3.05) is 17.6 Å². The maximum atomic E-state index is 15.4. The normalized spacial score (nSPS) is 18.2. The summed E-state index contributed by atoms with van der Waals surface area (Å²) < 4.78 is 127. The largest absolute Gasteiger partial charge is 0.478 e. The molecule has 0 spiro atoms. The van der Waals surface area contributed by atoms with Crippen molar-refractivity contribution in [3.8, 4) is 11.6 Å². The van der Waals surface area contributed by atoms with Gasteiger partial charge in [-0.2, -0.15) is 24.0 Å². The molecular formula is C39H34ClF8N9O3S. The summed E-state index contributed by atoms with van der Waals surface area (Å²) in [5.41, 5.74) is -2.75. The van der Waals surface area contributed by atoms with Crippen LogP contribution in [0.15, 0.2) is 47.3 Å². The van der Waals surface area contributed by atoms with Gasteiger partial charge >= 0.3 is 0 Å². The van der Waals surface area contributed by atoms with E-state index in [2.05, 4.69) is 25.2 Å². The first-order valence-corrected chi connectivity index (χ1v) is 20.4. The summed E-state index contributed by atoms with van der Waals surface area (Å²) in [5, 5.41) is 11.4. The monoisotopic (exact) mass is 895 g/mol. The molecule has 6 aromatic rings. The van der Waals surface area contributed by atoms with Crippen LogP contribution in [0.2, 0.25) is 5.02 Å². The molecule has 0 aliphatic heterocycles. The van der Waals surface area contributed by atoms with Crippen molar-refractivity contribution in [2.45, 2.75) is 63.5 Å².